The molecule has 1 aliphatic heterocycles. The van der Waals surface area contributed by atoms with Crippen LogP contribution >= 0.6 is 0 Å². The number of nitrogens with zero attached hydrogens (tertiary/aromatic N) is 1. The van der Waals surface area contributed by atoms with Gasteiger partial charge in [-0.3, -0.25) is 4.79 Å². The Bertz CT molecular complexity index is 850. The Kier molecular flexibility index (Phi) is 6.37. The third-order valence-electron chi connectivity index (χ3n) is 4.58. The van der Waals surface area contributed by atoms with E-state index < -0.39 is 8.32 Å². The lowest BCUT2D eigenvalue weighted by atomic mass is 9.95. The highest BCUT2D eigenvalue weighted by Crippen LogP contribution is 2.29. The van der Waals surface area contributed by atoms with Crippen LogP contribution in [0.2, 0.25) is 19.6 Å². The Morgan fingerprint density at radius 2 is 1.71 bits per heavy atom. The molecule has 1 heterocycles. The number of rotatable bonds is 5. The zero-order chi connectivity index (χ0) is 20.1. The molecule has 5 heteroatoms. The number of ether oxygens (including phenoxy) is 1. The molecule has 0 aromatic heterocycles. The second kappa shape index (κ2) is 8.75. The van der Waals surface area contributed by atoms with Crippen LogP contribution < -0.4 is 4.43 Å². The van der Waals surface area contributed by atoms with Crippen LogP contribution in [0, 0.1) is 6.92 Å². The first kappa shape index (κ1) is 20.4. The van der Waals surface area contributed by atoms with Crippen molar-refractivity contribution in [1.82, 2.24) is 4.90 Å². The molecule has 148 valence electrons. The summed E-state index contributed by atoms with van der Waals surface area (Å²) in [5.41, 5.74) is 4.07. The minimum atomic E-state index is -1.67. The molecule has 0 atom stereocenters. The smallest absolute Gasteiger partial charge is 0.247 e. The summed E-state index contributed by atoms with van der Waals surface area (Å²) < 4.78 is 11.5. The SMILES string of the molecule is Cc1cc(C(=CC(=O)N2CCOCC2)c2ccccc2)ccc1O[Si](C)(C)C. The second-order valence-corrected chi connectivity index (χ2v) is 12.5. The van der Waals surface area contributed by atoms with Gasteiger partial charge < -0.3 is 14.1 Å². The van der Waals surface area contributed by atoms with E-state index in [1.54, 1.807) is 6.08 Å². The normalized spacial score (nSPS) is 15.4. The summed E-state index contributed by atoms with van der Waals surface area (Å²) in [6.45, 7) is 11.1. The van der Waals surface area contributed by atoms with Crippen molar-refractivity contribution < 1.29 is 14.0 Å². The minimum Gasteiger partial charge on any atom is -0.544 e. The highest BCUT2D eigenvalue weighted by Gasteiger charge is 2.19. The molecule has 1 fully saturated rings. The Labute approximate surface area is 168 Å². The zero-order valence-electron chi connectivity index (χ0n) is 17.2. The van der Waals surface area contributed by atoms with Gasteiger partial charge in [0.05, 0.1) is 13.2 Å². The Morgan fingerprint density at radius 3 is 2.32 bits per heavy atom. The van der Waals surface area contributed by atoms with Crippen LogP contribution in [-0.4, -0.2) is 45.4 Å². The van der Waals surface area contributed by atoms with Gasteiger partial charge in [0.25, 0.3) is 0 Å². The van der Waals surface area contributed by atoms with Crippen LogP contribution in [0.4, 0.5) is 0 Å². The highest BCUT2D eigenvalue weighted by atomic mass is 28.4. The topological polar surface area (TPSA) is 38.8 Å². The summed E-state index contributed by atoms with van der Waals surface area (Å²) in [6, 6.07) is 16.3. The van der Waals surface area contributed by atoms with E-state index in [1.807, 2.05) is 47.4 Å². The summed E-state index contributed by atoms with van der Waals surface area (Å²) >= 11 is 0. The minimum absolute atomic E-state index is 0.0298. The fraction of sp³-hybridized carbons (Fsp3) is 0.348. The molecule has 1 aliphatic rings. The maximum absolute atomic E-state index is 12.9. The van der Waals surface area contributed by atoms with E-state index in [-0.39, 0.29) is 5.91 Å². The fourth-order valence-corrected chi connectivity index (χ4v) is 4.10. The van der Waals surface area contributed by atoms with Crippen molar-refractivity contribution in [1.29, 1.82) is 0 Å². The first-order valence-corrected chi connectivity index (χ1v) is 13.2. The molecule has 0 unspecified atom stereocenters. The monoisotopic (exact) mass is 395 g/mol. The zero-order valence-corrected chi connectivity index (χ0v) is 18.2. The van der Waals surface area contributed by atoms with E-state index in [0.29, 0.717) is 26.3 Å². The highest BCUT2D eigenvalue weighted by molar-refractivity contribution is 6.70. The summed E-state index contributed by atoms with van der Waals surface area (Å²) in [6.07, 6.45) is 1.76. The van der Waals surface area contributed by atoms with Crippen molar-refractivity contribution in [3.63, 3.8) is 0 Å². The van der Waals surface area contributed by atoms with Gasteiger partial charge in [-0.2, -0.15) is 0 Å². The van der Waals surface area contributed by atoms with Gasteiger partial charge in [-0.05, 0) is 61.0 Å². The predicted molar refractivity (Wildman–Crippen MR) is 116 cm³/mol. The van der Waals surface area contributed by atoms with Crippen LogP contribution in [0.5, 0.6) is 5.75 Å². The van der Waals surface area contributed by atoms with Gasteiger partial charge in [0, 0.05) is 19.2 Å². The predicted octanol–water partition coefficient (Wildman–Crippen LogP) is 4.50. The number of aryl methyl sites for hydroxylation is 1. The molecule has 2 aromatic rings. The number of carbonyl (C=O) groups is 1. The lowest BCUT2D eigenvalue weighted by molar-refractivity contribution is -0.129. The Balaban J connectivity index is 1.96. The molecule has 0 radical (unpaired) electrons. The fourth-order valence-electron chi connectivity index (χ4n) is 3.21. The second-order valence-electron chi connectivity index (χ2n) is 8.06. The van der Waals surface area contributed by atoms with E-state index in [1.165, 1.54) is 0 Å². The molecule has 1 saturated heterocycles. The Hall–Kier alpha value is -2.37. The molecular weight excluding hydrogens is 366 g/mol. The average molecular weight is 396 g/mol. The van der Waals surface area contributed by atoms with Crippen molar-refractivity contribution in [2.45, 2.75) is 26.6 Å². The number of carbonyl (C=O) groups excluding carboxylic acids is 1. The number of hydrogen-bond donors (Lipinski definition) is 0. The maximum atomic E-state index is 12.9. The Morgan fingerprint density at radius 1 is 1.04 bits per heavy atom. The lowest BCUT2D eigenvalue weighted by Gasteiger charge is -2.26. The molecule has 0 spiro atoms. The number of hydrogen-bond acceptors (Lipinski definition) is 3. The van der Waals surface area contributed by atoms with Gasteiger partial charge in [0.1, 0.15) is 5.75 Å². The van der Waals surface area contributed by atoms with Crippen LogP contribution in [0.15, 0.2) is 54.6 Å². The van der Waals surface area contributed by atoms with Crippen molar-refractivity contribution >= 4 is 19.8 Å². The van der Waals surface area contributed by atoms with Crippen molar-refractivity contribution in [3.8, 4) is 5.75 Å². The lowest BCUT2D eigenvalue weighted by Crippen LogP contribution is -2.39. The van der Waals surface area contributed by atoms with Crippen LogP contribution in [-0.2, 0) is 9.53 Å². The van der Waals surface area contributed by atoms with E-state index in [2.05, 4.69) is 32.6 Å². The van der Waals surface area contributed by atoms with Gasteiger partial charge in [-0.15, -0.1) is 0 Å². The van der Waals surface area contributed by atoms with E-state index in [0.717, 1.165) is 28.0 Å². The molecule has 0 saturated carbocycles. The molecule has 4 nitrogen and oxygen atoms in total. The summed E-state index contributed by atoms with van der Waals surface area (Å²) in [5.74, 6) is 0.956. The molecule has 0 bridgehead atoms. The van der Waals surface area contributed by atoms with E-state index >= 15 is 0 Å². The summed E-state index contributed by atoms with van der Waals surface area (Å²) in [4.78, 5) is 14.7. The van der Waals surface area contributed by atoms with Gasteiger partial charge in [0.15, 0.2) is 0 Å². The molecular formula is C23H29NO3Si. The van der Waals surface area contributed by atoms with Crippen molar-refractivity contribution in [2.75, 3.05) is 26.3 Å². The number of benzene rings is 2. The van der Waals surface area contributed by atoms with Crippen molar-refractivity contribution in [2.24, 2.45) is 0 Å². The third-order valence-corrected chi connectivity index (χ3v) is 5.41. The van der Waals surface area contributed by atoms with Crippen LogP contribution in [0.1, 0.15) is 16.7 Å². The number of morpholine rings is 1. The number of amides is 1. The molecule has 3 rings (SSSR count). The maximum Gasteiger partial charge on any atom is 0.247 e. The standard InChI is InChI=1S/C23H29NO3Si/c1-18-16-20(10-11-22(18)27-28(2,3)4)21(19-8-6-5-7-9-19)17-23(25)24-12-14-26-15-13-24/h5-11,16-17H,12-15H2,1-4H3. The van der Waals surface area contributed by atoms with Crippen LogP contribution in [0.3, 0.4) is 0 Å². The van der Waals surface area contributed by atoms with E-state index in [9.17, 15) is 4.79 Å². The molecule has 0 N–H and O–H groups in total. The third kappa shape index (κ3) is 5.33. The van der Waals surface area contributed by atoms with Gasteiger partial charge >= 0.3 is 0 Å². The first-order valence-electron chi connectivity index (χ1n) is 9.77. The van der Waals surface area contributed by atoms with Crippen LogP contribution in [0.25, 0.3) is 5.57 Å². The van der Waals surface area contributed by atoms with Gasteiger partial charge in [0.2, 0.25) is 14.2 Å². The molecule has 2 aromatic carbocycles. The van der Waals surface area contributed by atoms with Gasteiger partial charge in [-0.1, -0.05) is 36.4 Å². The molecule has 0 aliphatic carbocycles. The largest absolute Gasteiger partial charge is 0.544 e. The molecule has 1 amide bonds. The summed E-state index contributed by atoms with van der Waals surface area (Å²) in [5, 5.41) is 0. The first-order chi connectivity index (χ1) is 13.3. The average Bonchev–Trinajstić information content (AvgIpc) is 2.68. The summed E-state index contributed by atoms with van der Waals surface area (Å²) in [7, 11) is -1.67. The van der Waals surface area contributed by atoms with Gasteiger partial charge in [-0.25, -0.2) is 0 Å². The quantitative estimate of drug-likeness (QED) is 0.553. The molecule has 28 heavy (non-hydrogen) atoms. The van der Waals surface area contributed by atoms with E-state index in [4.69, 9.17) is 9.16 Å². The van der Waals surface area contributed by atoms with Crippen molar-refractivity contribution in [3.05, 3.63) is 71.3 Å².